The van der Waals surface area contributed by atoms with Crippen molar-refractivity contribution in [3.05, 3.63) is 44.6 Å². The molecule has 2 N–H and O–H groups in total. The second kappa shape index (κ2) is 8.13. The van der Waals surface area contributed by atoms with Crippen LogP contribution in [0.3, 0.4) is 0 Å². The van der Waals surface area contributed by atoms with Crippen molar-refractivity contribution in [3.8, 4) is 27.1 Å². The van der Waals surface area contributed by atoms with Gasteiger partial charge in [0.15, 0.2) is 0 Å². The summed E-state index contributed by atoms with van der Waals surface area (Å²) in [4.78, 5) is 6.77. The maximum Gasteiger partial charge on any atom is 0.142 e. The van der Waals surface area contributed by atoms with Crippen LogP contribution in [0.2, 0.25) is 0 Å². The van der Waals surface area contributed by atoms with Crippen molar-refractivity contribution in [2.75, 3.05) is 5.73 Å². The Morgan fingerprint density at radius 2 is 2.12 bits per heavy atom. The van der Waals surface area contributed by atoms with Crippen LogP contribution in [0, 0.1) is 11.3 Å². The van der Waals surface area contributed by atoms with E-state index in [0.29, 0.717) is 11.4 Å². The highest BCUT2D eigenvalue weighted by atomic mass is 79.9. The van der Waals surface area contributed by atoms with E-state index in [0.717, 1.165) is 56.7 Å². The number of anilines is 1. The minimum atomic E-state index is 0.310. The lowest BCUT2D eigenvalue weighted by atomic mass is 9.94. The predicted octanol–water partition coefficient (Wildman–Crippen LogP) is 6.49. The van der Waals surface area contributed by atoms with Crippen LogP contribution in [0.5, 0.6) is 0 Å². The molecule has 0 saturated heterocycles. The van der Waals surface area contributed by atoms with Crippen LogP contribution in [0.25, 0.3) is 21.0 Å². The van der Waals surface area contributed by atoms with Gasteiger partial charge in [-0.2, -0.15) is 5.26 Å². The van der Waals surface area contributed by atoms with Gasteiger partial charge in [-0.1, -0.05) is 25.8 Å². The highest BCUT2D eigenvalue weighted by molar-refractivity contribution is 9.10. The number of aromatic nitrogens is 1. The lowest BCUT2D eigenvalue weighted by molar-refractivity contribution is 0.717. The van der Waals surface area contributed by atoms with Gasteiger partial charge in [-0.25, -0.2) is 4.98 Å². The molecule has 0 saturated carbocycles. The highest BCUT2D eigenvalue weighted by Gasteiger charge is 2.22. The number of nitriles is 1. The first kappa shape index (κ1) is 18.1. The van der Waals surface area contributed by atoms with Gasteiger partial charge < -0.3 is 5.73 Å². The first-order chi connectivity index (χ1) is 12.2. The van der Waals surface area contributed by atoms with E-state index in [9.17, 15) is 5.26 Å². The fourth-order valence-electron chi connectivity index (χ4n) is 2.88. The molecule has 0 fully saturated rings. The van der Waals surface area contributed by atoms with Gasteiger partial charge in [0.05, 0.1) is 10.6 Å². The molecular formula is C19H18BrN3S2. The highest BCUT2D eigenvalue weighted by Crippen LogP contribution is 2.41. The number of halogens is 1. The molecule has 0 radical (unpaired) electrons. The van der Waals surface area contributed by atoms with Gasteiger partial charge in [0.2, 0.25) is 0 Å². The predicted molar refractivity (Wildman–Crippen MR) is 111 cm³/mol. The lowest BCUT2D eigenvalue weighted by Gasteiger charge is -2.16. The summed E-state index contributed by atoms with van der Waals surface area (Å²) >= 11 is 6.80. The van der Waals surface area contributed by atoms with E-state index in [1.165, 1.54) is 0 Å². The molecule has 0 spiro atoms. The summed E-state index contributed by atoms with van der Waals surface area (Å²) in [5, 5.41) is 13.8. The van der Waals surface area contributed by atoms with Gasteiger partial charge in [0.1, 0.15) is 17.5 Å². The average Bonchev–Trinajstić information content (AvgIpc) is 3.27. The maximum absolute atomic E-state index is 9.71. The van der Waals surface area contributed by atoms with Crippen molar-refractivity contribution < 1.29 is 0 Å². The summed E-state index contributed by atoms with van der Waals surface area (Å²) in [7, 11) is 0. The Labute approximate surface area is 164 Å². The van der Waals surface area contributed by atoms with E-state index in [4.69, 9.17) is 5.73 Å². The van der Waals surface area contributed by atoms with Crippen LogP contribution in [0.15, 0.2) is 33.4 Å². The first-order valence-corrected chi connectivity index (χ1v) is 10.7. The van der Waals surface area contributed by atoms with E-state index in [1.54, 1.807) is 22.7 Å². The zero-order valence-corrected chi connectivity index (χ0v) is 17.1. The maximum atomic E-state index is 9.71. The normalized spacial score (nSPS) is 10.8. The molecule has 0 aliphatic heterocycles. The Kier molecular flexibility index (Phi) is 5.89. The van der Waals surface area contributed by atoms with E-state index in [-0.39, 0.29) is 0 Å². The molecule has 0 unspecified atom stereocenters. The molecule has 3 rings (SSSR count). The van der Waals surface area contributed by atoms with Gasteiger partial charge in [-0.05, 0) is 51.8 Å². The molecule has 3 nitrogen and oxygen atoms in total. The smallest absolute Gasteiger partial charge is 0.142 e. The summed E-state index contributed by atoms with van der Waals surface area (Å²) < 4.78 is 1.02. The molecule has 0 aliphatic rings. The summed E-state index contributed by atoms with van der Waals surface area (Å²) in [5.74, 6) is 0.310. The largest absolute Gasteiger partial charge is 0.383 e. The zero-order chi connectivity index (χ0) is 17.8. The Morgan fingerprint density at radius 3 is 2.72 bits per heavy atom. The number of pyridine rings is 1. The van der Waals surface area contributed by atoms with Crippen LogP contribution in [-0.2, 0) is 6.42 Å². The summed E-state index contributed by atoms with van der Waals surface area (Å²) in [6.45, 7) is 2.19. The van der Waals surface area contributed by atoms with Gasteiger partial charge in [0.25, 0.3) is 0 Å². The minimum Gasteiger partial charge on any atom is -0.383 e. The topological polar surface area (TPSA) is 62.7 Å². The van der Waals surface area contributed by atoms with Crippen molar-refractivity contribution in [2.24, 2.45) is 0 Å². The Hall–Kier alpha value is -1.68. The lowest BCUT2D eigenvalue weighted by Crippen LogP contribution is -2.05. The van der Waals surface area contributed by atoms with Crippen molar-refractivity contribution in [1.82, 2.24) is 4.98 Å². The molecular weight excluding hydrogens is 414 g/mol. The molecule has 3 heterocycles. The summed E-state index contributed by atoms with van der Waals surface area (Å²) in [6.07, 6.45) is 4.28. The second-order valence-corrected chi connectivity index (χ2v) is 8.52. The average molecular weight is 432 g/mol. The van der Waals surface area contributed by atoms with Crippen LogP contribution < -0.4 is 5.73 Å². The molecule has 0 atom stereocenters. The Morgan fingerprint density at radius 1 is 1.28 bits per heavy atom. The number of nitrogens with zero attached hydrogens (tertiary/aromatic N) is 2. The molecule has 0 aromatic carbocycles. The number of thiophene rings is 2. The first-order valence-electron chi connectivity index (χ1n) is 8.16. The van der Waals surface area contributed by atoms with Crippen LogP contribution in [0.4, 0.5) is 5.82 Å². The van der Waals surface area contributed by atoms with Gasteiger partial charge in [0, 0.05) is 20.3 Å². The molecule has 3 aromatic heterocycles. The van der Waals surface area contributed by atoms with E-state index in [2.05, 4.69) is 46.0 Å². The molecule has 25 heavy (non-hydrogen) atoms. The zero-order valence-electron chi connectivity index (χ0n) is 13.9. The monoisotopic (exact) mass is 431 g/mol. The molecule has 6 heteroatoms. The molecule has 3 aromatic rings. The quantitative estimate of drug-likeness (QED) is 0.453. The number of hydrogen-bond acceptors (Lipinski definition) is 5. The molecule has 0 bridgehead atoms. The second-order valence-electron chi connectivity index (χ2n) is 5.75. The van der Waals surface area contributed by atoms with E-state index < -0.39 is 0 Å². The van der Waals surface area contributed by atoms with Gasteiger partial charge in [-0.3, -0.25) is 0 Å². The molecule has 0 amide bonds. The van der Waals surface area contributed by atoms with Crippen molar-refractivity contribution >= 4 is 44.4 Å². The van der Waals surface area contributed by atoms with E-state index >= 15 is 0 Å². The number of unbranched alkanes of at least 4 members (excludes halogenated alkanes) is 2. The third kappa shape index (κ3) is 3.79. The van der Waals surface area contributed by atoms with Crippen LogP contribution in [-0.4, -0.2) is 4.98 Å². The van der Waals surface area contributed by atoms with Crippen molar-refractivity contribution in [2.45, 2.75) is 32.6 Å². The number of nitrogens with two attached hydrogens (primary N) is 1. The molecule has 128 valence electrons. The Bertz CT molecular complexity index is 908. The van der Waals surface area contributed by atoms with Crippen molar-refractivity contribution in [1.29, 1.82) is 5.26 Å². The third-order valence-corrected chi connectivity index (χ3v) is 6.62. The molecule has 0 aliphatic carbocycles. The number of hydrogen-bond donors (Lipinski definition) is 1. The fourth-order valence-corrected chi connectivity index (χ4v) is 5.13. The summed E-state index contributed by atoms with van der Waals surface area (Å²) in [6, 6.07) is 8.43. The van der Waals surface area contributed by atoms with Gasteiger partial charge >= 0.3 is 0 Å². The van der Waals surface area contributed by atoms with E-state index in [1.807, 2.05) is 16.8 Å². The Balaban J connectivity index is 2.26. The number of nitrogen functional groups attached to an aromatic ring is 1. The SMILES string of the molecule is CCCCCc1c(-c2cccs2)nc(N)c(C#N)c1-c1cc(Br)cs1. The third-order valence-electron chi connectivity index (χ3n) is 4.04. The van der Waals surface area contributed by atoms with Crippen LogP contribution in [0.1, 0.15) is 37.3 Å². The van der Waals surface area contributed by atoms with Crippen LogP contribution >= 0.6 is 38.6 Å². The van der Waals surface area contributed by atoms with Gasteiger partial charge in [-0.15, -0.1) is 22.7 Å². The summed E-state index contributed by atoms with van der Waals surface area (Å²) in [5.41, 5.74) is 9.66. The number of rotatable bonds is 6. The minimum absolute atomic E-state index is 0.310. The van der Waals surface area contributed by atoms with Crippen molar-refractivity contribution in [3.63, 3.8) is 0 Å². The standard InChI is InChI=1S/C19H18BrN3S2/c1-2-3-4-6-13-17(16-9-12(20)11-25-16)14(10-21)19(22)23-18(13)15-7-5-8-24-15/h5,7-9,11H,2-4,6H2,1H3,(H2,22,23). The fraction of sp³-hybridized carbons (Fsp3) is 0.263.